The van der Waals surface area contributed by atoms with E-state index in [1.165, 1.54) is 6.20 Å². The van der Waals surface area contributed by atoms with Crippen molar-refractivity contribution < 1.29 is 13.7 Å². The molecule has 19 heavy (non-hydrogen) atoms. The van der Waals surface area contributed by atoms with Crippen molar-refractivity contribution in [3.8, 4) is 5.69 Å². The van der Waals surface area contributed by atoms with Gasteiger partial charge in [0.2, 0.25) is 5.82 Å². The Hall–Kier alpha value is -2.42. The molecule has 2 aromatic rings. The number of halogens is 2. The van der Waals surface area contributed by atoms with E-state index in [1.54, 1.807) is 0 Å². The molecular formula is C10H9F2N5O2. The summed E-state index contributed by atoms with van der Waals surface area (Å²) < 4.78 is 27.8. The van der Waals surface area contributed by atoms with E-state index >= 15 is 0 Å². The normalized spacial score (nSPS) is 10.7. The summed E-state index contributed by atoms with van der Waals surface area (Å²) in [6.07, 6.45) is 1.82. The predicted molar refractivity (Wildman–Crippen MR) is 60.7 cm³/mol. The average Bonchev–Trinajstić information content (AvgIpc) is 2.77. The minimum absolute atomic E-state index is 0.246. The van der Waals surface area contributed by atoms with Crippen LogP contribution in [0.5, 0.6) is 0 Å². The fourth-order valence-corrected chi connectivity index (χ4v) is 1.52. The second-order valence-corrected chi connectivity index (χ2v) is 3.71. The van der Waals surface area contributed by atoms with E-state index in [9.17, 15) is 18.9 Å². The van der Waals surface area contributed by atoms with Crippen molar-refractivity contribution in [2.45, 2.75) is 6.42 Å². The van der Waals surface area contributed by atoms with Crippen LogP contribution in [0.25, 0.3) is 5.69 Å². The van der Waals surface area contributed by atoms with Gasteiger partial charge in [-0.3, -0.25) is 10.1 Å². The predicted octanol–water partition coefficient (Wildman–Crippen LogP) is 0.955. The van der Waals surface area contributed by atoms with E-state index in [1.807, 2.05) is 0 Å². The van der Waals surface area contributed by atoms with Gasteiger partial charge >= 0.3 is 5.69 Å². The summed E-state index contributed by atoms with van der Waals surface area (Å²) in [6, 6.07) is 1.21. The number of nitro groups is 1. The maximum atomic E-state index is 13.6. The molecule has 0 aliphatic heterocycles. The topological polar surface area (TPSA) is 99.9 Å². The van der Waals surface area contributed by atoms with Gasteiger partial charge in [-0.25, -0.2) is 9.07 Å². The van der Waals surface area contributed by atoms with Crippen molar-refractivity contribution in [2.75, 3.05) is 6.54 Å². The summed E-state index contributed by atoms with van der Waals surface area (Å²) in [5, 5.41) is 18.0. The first kappa shape index (κ1) is 13.0. The number of hydrogen-bond donors (Lipinski definition) is 1. The zero-order chi connectivity index (χ0) is 14.0. The maximum absolute atomic E-state index is 13.6. The van der Waals surface area contributed by atoms with Crippen molar-refractivity contribution in [2.24, 2.45) is 5.73 Å². The third-order valence-electron chi connectivity index (χ3n) is 2.40. The van der Waals surface area contributed by atoms with E-state index in [0.717, 1.165) is 10.7 Å². The standard InChI is InChI=1S/C10H9F2N5O2/c11-7-3-8(12)10(17(18)19)4-9(7)16-5-6(1-2-13)14-15-16/h3-5H,1-2,13H2. The zero-order valence-electron chi connectivity index (χ0n) is 9.58. The molecule has 0 saturated heterocycles. The van der Waals surface area contributed by atoms with Crippen LogP contribution in [0.15, 0.2) is 18.3 Å². The summed E-state index contributed by atoms with van der Waals surface area (Å²) in [7, 11) is 0. The van der Waals surface area contributed by atoms with E-state index in [2.05, 4.69) is 10.3 Å². The van der Waals surface area contributed by atoms with Crippen LogP contribution in [-0.2, 0) is 6.42 Å². The smallest absolute Gasteiger partial charge is 0.307 e. The quantitative estimate of drug-likeness (QED) is 0.658. The molecule has 0 saturated carbocycles. The van der Waals surface area contributed by atoms with Crippen LogP contribution in [-0.4, -0.2) is 26.5 Å². The lowest BCUT2D eigenvalue weighted by molar-refractivity contribution is -0.387. The van der Waals surface area contributed by atoms with Crippen molar-refractivity contribution in [3.05, 3.63) is 45.8 Å². The Morgan fingerprint density at radius 2 is 2.11 bits per heavy atom. The van der Waals surface area contributed by atoms with Crippen molar-refractivity contribution in [3.63, 3.8) is 0 Å². The number of hydrogen-bond acceptors (Lipinski definition) is 5. The average molecular weight is 269 g/mol. The lowest BCUT2D eigenvalue weighted by Crippen LogP contribution is -2.03. The van der Waals surface area contributed by atoms with E-state index in [4.69, 9.17) is 5.73 Å². The molecule has 9 heteroatoms. The SMILES string of the molecule is NCCc1cn(-c2cc([N+](=O)[O-])c(F)cc2F)nn1. The minimum atomic E-state index is -1.24. The molecule has 0 fully saturated rings. The molecular weight excluding hydrogens is 260 g/mol. The summed E-state index contributed by atoms with van der Waals surface area (Å²) in [5.41, 5.74) is 4.77. The molecule has 7 nitrogen and oxygen atoms in total. The van der Waals surface area contributed by atoms with E-state index in [-0.39, 0.29) is 5.69 Å². The molecule has 0 radical (unpaired) electrons. The number of aromatic nitrogens is 3. The third-order valence-corrected chi connectivity index (χ3v) is 2.40. The van der Waals surface area contributed by atoms with Crippen molar-refractivity contribution >= 4 is 5.69 Å². The molecule has 100 valence electrons. The Labute approximate surface area is 105 Å². The summed E-state index contributed by atoms with van der Waals surface area (Å²) in [6.45, 7) is 0.338. The summed E-state index contributed by atoms with van der Waals surface area (Å²) in [5.74, 6) is -2.21. The third kappa shape index (κ3) is 2.55. The molecule has 0 spiro atoms. The highest BCUT2D eigenvalue weighted by Crippen LogP contribution is 2.23. The van der Waals surface area contributed by atoms with Crippen molar-refractivity contribution in [1.29, 1.82) is 0 Å². The highest BCUT2D eigenvalue weighted by molar-refractivity contribution is 5.45. The Balaban J connectivity index is 2.48. The molecule has 1 heterocycles. The van der Waals surface area contributed by atoms with Gasteiger partial charge in [0.1, 0.15) is 5.69 Å². The fourth-order valence-electron chi connectivity index (χ4n) is 1.52. The highest BCUT2D eigenvalue weighted by Gasteiger charge is 2.20. The Bertz CT molecular complexity index is 628. The van der Waals surface area contributed by atoms with Gasteiger partial charge in [0.15, 0.2) is 5.82 Å². The Kier molecular flexibility index (Phi) is 3.47. The molecule has 0 bridgehead atoms. The van der Waals surface area contributed by atoms with Crippen molar-refractivity contribution in [1.82, 2.24) is 15.0 Å². The first-order valence-electron chi connectivity index (χ1n) is 5.28. The lowest BCUT2D eigenvalue weighted by Gasteiger charge is -2.02. The molecule has 0 atom stereocenters. The molecule has 2 N–H and O–H groups in total. The maximum Gasteiger partial charge on any atom is 0.307 e. The zero-order valence-corrected chi connectivity index (χ0v) is 9.58. The van der Waals surface area contributed by atoms with Crippen LogP contribution in [0.2, 0.25) is 0 Å². The first-order chi connectivity index (χ1) is 9.02. The molecule has 2 rings (SSSR count). The highest BCUT2D eigenvalue weighted by atomic mass is 19.1. The summed E-state index contributed by atoms with van der Waals surface area (Å²) >= 11 is 0. The van der Waals surface area contributed by atoms with Crippen LogP contribution in [0.4, 0.5) is 14.5 Å². The molecule has 1 aromatic heterocycles. The molecule has 1 aromatic carbocycles. The number of benzene rings is 1. The monoisotopic (exact) mass is 269 g/mol. The number of nitro benzene ring substituents is 1. The molecule has 0 amide bonds. The number of rotatable bonds is 4. The minimum Gasteiger partial charge on any atom is -0.330 e. The van der Waals surface area contributed by atoms with Gasteiger partial charge in [-0.1, -0.05) is 5.21 Å². The van der Waals surface area contributed by atoms with Crippen LogP contribution in [0.1, 0.15) is 5.69 Å². The summed E-state index contributed by atoms with van der Waals surface area (Å²) in [4.78, 5) is 9.67. The second kappa shape index (κ2) is 5.06. The molecule has 0 aliphatic carbocycles. The Morgan fingerprint density at radius 1 is 1.37 bits per heavy atom. The van der Waals surface area contributed by atoms with E-state index in [0.29, 0.717) is 24.7 Å². The van der Waals surface area contributed by atoms with Crippen LogP contribution < -0.4 is 5.73 Å². The van der Waals surface area contributed by atoms with Gasteiger partial charge in [0.05, 0.1) is 16.8 Å². The second-order valence-electron chi connectivity index (χ2n) is 3.71. The van der Waals surface area contributed by atoms with Gasteiger partial charge in [-0.05, 0) is 6.54 Å². The van der Waals surface area contributed by atoms with Crippen LogP contribution in [0.3, 0.4) is 0 Å². The lowest BCUT2D eigenvalue weighted by atomic mass is 10.2. The Morgan fingerprint density at radius 3 is 2.74 bits per heavy atom. The van der Waals surface area contributed by atoms with Gasteiger partial charge in [0.25, 0.3) is 0 Å². The fraction of sp³-hybridized carbons (Fsp3) is 0.200. The largest absolute Gasteiger partial charge is 0.330 e. The van der Waals surface area contributed by atoms with Crippen LogP contribution >= 0.6 is 0 Å². The number of nitrogens with two attached hydrogens (primary N) is 1. The van der Waals surface area contributed by atoms with E-state index < -0.39 is 22.2 Å². The molecule has 0 unspecified atom stereocenters. The van der Waals surface area contributed by atoms with Crippen LogP contribution in [0, 0.1) is 21.7 Å². The van der Waals surface area contributed by atoms with Gasteiger partial charge in [-0.2, -0.15) is 4.39 Å². The van der Waals surface area contributed by atoms with Gasteiger partial charge in [-0.15, -0.1) is 5.10 Å². The molecule has 0 aliphatic rings. The number of nitrogens with zero attached hydrogens (tertiary/aromatic N) is 4. The first-order valence-corrected chi connectivity index (χ1v) is 5.28. The van der Waals surface area contributed by atoms with Gasteiger partial charge < -0.3 is 5.73 Å². The van der Waals surface area contributed by atoms with Gasteiger partial charge in [0, 0.05) is 18.6 Å².